The van der Waals surface area contributed by atoms with E-state index in [0.717, 1.165) is 40.1 Å². The van der Waals surface area contributed by atoms with Crippen LogP contribution < -0.4 is 9.62 Å². The van der Waals surface area contributed by atoms with E-state index in [0.29, 0.717) is 27.8 Å². The van der Waals surface area contributed by atoms with E-state index in [2.05, 4.69) is 5.32 Å². The molecule has 3 rings (SSSR count). The molecule has 7 nitrogen and oxygen atoms in total. The third kappa shape index (κ3) is 9.48. The van der Waals surface area contributed by atoms with Crippen molar-refractivity contribution in [2.45, 2.75) is 52.6 Å². The van der Waals surface area contributed by atoms with Crippen molar-refractivity contribution in [3.05, 3.63) is 99.0 Å². The molecule has 0 aliphatic rings. The molecule has 0 saturated heterocycles. The lowest BCUT2D eigenvalue weighted by Crippen LogP contribution is -2.53. The summed E-state index contributed by atoms with van der Waals surface area (Å²) >= 11 is 12.6. The van der Waals surface area contributed by atoms with Crippen molar-refractivity contribution in [1.82, 2.24) is 10.2 Å². The predicted molar refractivity (Wildman–Crippen MR) is 167 cm³/mol. The summed E-state index contributed by atoms with van der Waals surface area (Å²) in [7, 11) is -3.85. The van der Waals surface area contributed by atoms with Crippen LogP contribution in [0.15, 0.2) is 66.7 Å². The largest absolute Gasteiger partial charge is 0.354 e. The summed E-state index contributed by atoms with van der Waals surface area (Å²) in [6, 6.07) is 18.8. The Bertz CT molecular complexity index is 1450. The minimum Gasteiger partial charge on any atom is -0.354 e. The van der Waals surface area contributed by atoms with Gasteiger partial charge in [0.15, 0.2) is 0 Å². The quantitative estimate of drug-likeness (QED) is 0.241. The first-order chi connectivity index (χ1) is 19.4. The minimum absolute atomic E-state index is 0.0159. The number of benzene rings is 3. The van der Waals surface area contributed by atoms with Crippen LogP contribution in [0.4, 0.5) is 5.69 Å². The average molecular weight is 619 g/mol. The van der Waals surface area contributed by atoms with E-state index in [1.165, 1.54) is 4.90 Å². The van der Waals surface area contributed by atoms with Gasteiger partial charge in [0, 0.05) is 29.6 Å². The van der Waals surface area contributed by atoms with Gasteiger partial charge in [-0.15, -0.1) is 0 Å². The highest BCUT2D eigenvalue weighted by Gasteiger charge is 2.33. The third-order valence-corrected chi connectivity index (χ3v) is 8.36. The third-order valence-electron chi connectivity index (χ3n) is 6.63. The maximum atomic E-state index is 14.2. The zero-order valence-corrected chi connectivity index (χ0v) is 26.2. The van der Waals surface area contributed by atoms with E-state index < -0.39 is 28.5 Å². The Morgan fingerprint density at radius 3 is 2.20 bits per heavy atom. The van der Waals surface area contributed by atoms with Crippen LogP contribution in [0.25, 0.3) is 0 Å². The van der Waals surface area contributed by atoms with E-state index in [1.54, 1.807) is 30.3 Å². The van der Waals surface area contributed by atoms with Gasteiger partial charge in [-0.3, -0.25) is 13.9 Å². The fourth-order valence-corrected chi connectivity index (χ4v) is 5.90. The van der Waals surface area contributed by atoms with Crippen molar-refractivity contribution in [2.75, 3.05) is 23.7 Å². The van der Waals surface area contributed by atoms with E-state index in [-0.39, 0.29) is 18.9 Å². The number of nitrogens with zero attached hydrogens (tertiary/aromatic N) is 2. The monoisotopic (exact) mass is 617 g/mol. The lowest BCUT2D eigenvalue weighted by atomic mass is 10.0. The molecule has 0 radical (unpaired) electrons. The highest BCUT2D eigenvalue weighted by molar-refractivity contribution is 7.92. The van der Waals surface area contributed by atoms with Crippen LogP contribution in [0.1, 0.15) is 42.0 Å². The standard InChI is InChI=1S/C31H37Cl2N3O4S/c1-5-6-14-34-31(38)29(18-24-10-8-7-9-11-24)35(20-25-12-13-26(32)19-28(25)33)30(37)21-36(41(4,39)40)27-16-22(2)15-23(3)17-27/h7-13,15-17,19,29H,5-6,14,18,20-21H2,1-4H3,(H,34,38)/t29-/m0/s1. The second kappa shape index (κ2) is 14.7. The van der Waals surface area contributed by atoms with Gasteiger partial charge in [0.2, 0.25) is 21.8 Å². The van der Waals surface area contributed by atoms with E-state index in [4.69, 9.17) is 23.2 Å². The Balaban J connectivity index is 2.08. The molecular formula is C31H37Cl2N3O4S. The number of hydrogen-bond donors (Lipinski definition) is 1. The molecule has 10 heteroatoms. The second-order valence-electron chi connectivity index (χ2n) is 10.2. The molecule has 0 heterocycles. The first kappa shape index (κ1) is 32.4. The van der Waals surface area contributed by atoms with Crippen molar-refractivity contribution in [2.24, 2.45) is 0 Å². The molecule has 41 heavy (non-hydrogen) atoms. The smallest absolute Gasteiger partial charge is 0.244 e. The van der Waals surface area contributed by atoms with E-state index in [9.17, 15) is 18.0 Å². The number of anilines is 1. The van der Waals surface area contributed by atoms with Gasteiger partial charge in [-0.25, -0.2) is 8.42 Å². The molecule has 3 aromatic carbocycles. The number of aryl methyl sites for hydroxylation is 2. The maximum absolute atomic E-state index is 14.2. The molecular weight excluding hydrogens is 581 g/mol. The Morgan fingerprint density at radius 1 is 0.951 bits per heavy atom. The lowest BCUT2D eigenvalue weighted by molar-refractivity contribution is -0.140. The van der Waals surface area contributed by atoms with Crippen molar-refractivity contribution in [3.8, 4) is 0 Å². The van der Waals surface area contributed by atoms with Gasteiger partial charge in [-0.2, -0.15) is 0 Å². The van der Waals surface area contributed by atoms with Crippen molar-refractivity contribution < 1.29 is 18.0 Å². The summed E-state index contributed by atoms with van der Waals surface area (Å²) in [4.78, 5) is 29.2. The molecule has 0 fully saturated rings. The Labute approximate surface area is 253 Å². The molecule has 3 aromatic rings. The summed E-state index contributed by atoms with van der Waals surface area (Å²) in [5, 5.41) is 3.74. The Hall–Kier alpha value is -3.07. The molecule has 2 amide bonds. The van der Waals surface area contributed by atoms with Gasteiger partial charge in [0.1, 0.15) is 12.6 Å². The fraction of sp³-hybridized carbons (Fsp3) is 0.355. The van der Waals surface area contributed by atoms with E-state index >= 15 is 0 Å². The van der Waals surface area contributed by atoms with Crippen LogP contribution in [0.5, 0.6) is 0 Å². The molecule has 0 spiro atoms. The number of halogens is 2. The molecule has 0 bridgehead atoms. The highest BCUT2D eigenvalue weighted by atomic mass is 35.5. The van der Waals surface area contributed by atoms with Crippen LogP contribution in [0, 0.1) is 13.8 Å². The molecule has 1 N–H and O–H groups in total. The van der Waals surface area contributed by atoms with Gasteiger partial charge in [-0.1, -0.05) is 79.0 Å². The zero-order valence-electron chi connectivity index (χ0n) is 23.9. The molecule has 0 aliphatic heterocycles. The topological polar surface area (TPSA) is 86.8 Å². The maximum Gasteiger partial charge on any atom is 0.244 e. The van der Waals surface area contributed by atoms with Gasteiger partial charge in [-0.05, 0) is 66.8 Å². The SMILES string of the molecule is CCCCNC(=O)[C@H](Cc1ccccc1)N(Cc1ccc(Cl)cc1Cl)C(=O)CN(c1cc(C)cc(C)c1)S(C)(=O)=O. The predicted octanol–water partition coefficient (Wildman–Crippen LogP) is 5.93. The second-order valence-corrected chi connectivity index (χ2v) is 13.0. The molecule has 0 aliphatic carbocycles. The molecule has 0 aromatic heterocycles. The summed E-state index contributed by atoms with van der Waals surface area (Å²) in [6.45, 7) is 5.72. The minimum atomic E-state index is -3.85. The van der Waals surface area contributed by atoms with E-state index in [1.807, 2.05) is 57.2 Å². The van der Waals surface area contributed by atoms with Gasteiger partial charge in [0.25, 0.3) is 0 Å². The fourth-order valence-electron chi connectivity index (χ4n) is 4.60. The van der Waals surface area contributed by atoms with Crippen molar-refractivity contribution >= 4 is 50.7 Å². The zero-order chi connectivity index (χ0) is 30.2. The number of nitrogens with one attached hydrogen (secondary N) is 1. The normalized spacial score (nSPS) is 12.0. The molecule has 0 unspecified atom stereocenters. The number of rotatable bonds is 13. The van der Waals surface area contributed by atoms with Crippen molar-refractivity contribution in [1.29, 1.82) is 0 Å². The van der Waals surface area contributed by atoms with Crippen molar-refractivity contribution in [3.63, 3.8) is 0 Å². The summed E-state index contributed by atoms with van der Waals surface area (Å²) in [5.41, 5.74) is 3.56. The van der Waals surface area contributed by atoms with Gasteiger partial charge >= 0.3 is 0 Å². The van der Waals surface area contributed by atoms with Crippen LogP contribution in [0.3, 0.4) is 0 Å². The number of carbonyl (C=O) groups excluding carboxylic acids is 2. The number of unbranched alkanes of at least 4 members (excludes halogenated alkanes) is 1. The van der Waals surface area contributed by atoms with Crippen LogP contribution in [-0.2, 0) is 32.6 Å². The van der Waals surface area contributed by atoms with Crippen LogP contribution >= 0.6 is 23.2 Å². The number of sulfonamides is 1. The van der Waals surface area contributed by atoms with Gasteiger partial charge in [0.05, 0.1) is 11.9 Å². The summed E-state index contributed by atoms with van der Waals surface area (Å²) in [5.74, 6) is -0.856. The number of carbonyl (C=O) groups is 2. The summed E-state index contributed by atoms with van der Waals surface area (Å²) in [6.07, 6.45) is 2.98. The number of hydrogen-bond acceptors (Lipinski definition) is 4. The molecule has 1 atom stereocenters. The molecule has 220 valence electrons. The lowest BCUT2D eigenvalue weighted by Gasteiger charge is -2.34. The Kier molecular flexibility index (Phi) is 11.6. The number of amides is 2. The summed E-state index contributed by atoms with van der Waals surface area (Å²) < 4.78 is 27.0. The highest BCUT2D eigenvalue weighted by Crippen LogP contribution is 2.26. The van der Waals surface area contributed by atoms with Crippen LogP contribution in [0.2, 0.25) is 10.0 Å². The van der Waals surface area contributed by atoms with Gasteiger partial charge < -0.3 is 10.2 Å². The van der Waals surface area contributed by atoms with Crippen LogP contribution in [-0.4, -0.2) is 50.5 Å². The Morgan fingerprint density at radius 2 is 1.61 bits per heavy atom. The average Bonchev–Trinajstić information content (AvgIpc) is 2.89. The molecule has 0 saturated carbocycles. The first-order valence-corrected chi connectivity index (χ1v) is 16.1. The first-order valence-electron chi connectivity index (χ1n) is 13.5.